The highest BCUT2D eigenvalue weighted by molar-refractivity contribution is 6.01. The third-order valence-corrected chi connectivity index (χ3v) is 5.29. The van der Waals surface area contributed by atoms with E-state index in [1.54, 1.807) is 0 Å². The number of carbonyl (C=O) groups is 1. The van der Waals surface area contributed by atoms with E-state index in [1.807, 2.05) is 60.7 Å². The number of hydrogen-bond acceptors (Lipinski definition) is 4. The maximum Gasteiger partial charge on any atom is 0.230 e. The minimum absolute atomic E-state index is 0.141. The predicted octanol–water partition coefficient (Wildman–Crippen LogP) is 5.08. The van der Waals surface area contributed by atoms with Crippen LogP contribution < -0.4 is 14.8 Å². The van der Waals surface area contributed by atoms with E-state index in [9.17, 15) is 4.79 Å². The first-order chi connectivity index (χ1) is 15.7. The van der Waals surface area contributed by atoms with Crippen LogP contribution in [-0.4, -0.2) is 29.3 Å². The zero-order valence-corrected chi connectivity index (χ0v) is 17.5. The fourth-order valence-electron chi connectivity index (χ4n) is 3.67. The highest BCUT2D eigenvalue weighted by Crippen LogP contribution is 2.31. The van der Waals surface area contributed by atoms with Crippen LogP contribution in [0.2, 0.25) is 0 Å². The van der Waals surface area contributed by atoms with Gasteiger partial charge in [0.1, 0.15) is 0 Å². The summed E-state index contributed by atoms with van der Waals surface area (Å²) in [4.78, 5) is 12.7. The lowest BCUT2D eigenvalue weighted by atomic mass is 10.1. The summed E-state index contributed by atoms with van der Waals surface area (Å²) in [6, 6.07) is 21.7. The molecule has 0 saturated heterocycles. The van der Waals surface area contributed by atoms with Gasteiger partial charge in [-0.1, -0.05) is 54.6 Å². The van der Waals surface area contributed by atoms with E-state index in [2.05, 4.69) is 33.7 Å². The van der Waals surface area contributed by atoms with Gasteiger partial charge in [-0.15, -0.1) is 0 Å². The lowest BCUT2D eigenvalue weighted by Crippen LogP contribution is -2.15. The summed E-state index contributed by atoms with van der Waals surface area (Å²) in [6.07, 6.45) is 5.17. The van der Waals surface area contributed by atoms with Crippen molar-refractivity contribution in [2.24, 2.45) is 0 Å². The molecule has 0 fully saturated rings. The second-order valence-electron chi connectivity index (χ2n) is 7.68. The molecule has 3 aromatic carbocycles. The van der Waals surface area contributed by atoms with Crippen LogP contribution in [0.25, 0.3) is 23.1 Å². The predicted molar refractivity (Wildman–Crippen MR) is 126 cm³/mol. The number of rotatable bonds is 5. The number of benzene rings is 3. The molecule has 0 atom stereocenters. The Hall–Kier alpha value is -4.06. The van der Waals surface area contributed by atoms with Crippen molar-refractivity contribution in [2.45, 2.75) is 12.8 Å². The van der Waals surface area contributed by atoms with E-state index in [0.29, 0.717) is 24.8 Å². The summed E-state index contributed by atoms with van der Waals surface area (Å²) >= 11 is 0. The first kappa shape index (κ1) is 19.9. The second kappa shape index (κ2) is 8.98. The Morgan fingerprint density at radius 1 is 0.938 bits per heavy atom. The molecule has 1 amide bonds. The summed E-state index contributed by atoms with van der Waals surface area (Å²) in [5.74, 6) is 1.79. The maximum atomic E-state index is 12.7. The van der Waals surface area contributed by atoms with Crippen LogP contribution in [0.1, 0.15) is 23.1 Å². The molecule has 4 aromatic rings. The van der Waals surface area contributed by atoms with Crippen molar-refractivity contribution in [3.8, 4) is 11.5 Å². The van der Waals surface area contributed by atoms with Gasteiger partial charge in [-0.2, -0.15) is 5.10 Å². The Kier molecular flexibility index (Phi) is 5.58. The van der Waals surface area contributed by atoms with Crippen molar-refractivity contribution in [3.63, 3.8) is 0 Å². The highest BCUT2D eigenvalue weighted by atomic mass is 16.5. The highest BCUT2D eigenvalue weighted by Gasteiger charge is 2.14. The number of aromatic amines is 1. The van der Waals surface area contributed by atoms with Gasteiger partial charge in [-0.05, 0) is 41.0 Å². The normalized spacial score (nSPS) is 13.2. The number of nitrogens with zero attached hydrogens (tertiary/aromatic N) is 1. The monoisotopic (exact) mass is 425 g/mol. The molecule has 2 heterocycles. The Bertz CT molecular complexity index is 1280. The third kappa shape index (κ3) is 4.49. The van der Waals surface area contributed by atoms with Gasteiger partial charge in [0.05, 0.1) is 25.2 Å². The molecular formula is C26H23N3O3. The molecule has 160 valence electrons. The summed E-state index contributed by atoms with van der Waals surface area (Å²) in [5, 5.41) is 11.1. The van der Waals surface area contributed by atoms with Gasteiger partial charge in [0.2, 0.25) is 5.91 Å². The number of anilines is 1. The molecule has 32 heavy (non-hydrogen) atoms. The average molecular weight is 425 g/mol. The number of H-pyrrole nitrogens is 1. The van der Waals surface area contributed by atoms with E-state index in [0.717, 1.165) is 39.8 Å². The smallest absolute Gasteiger partial charge is 0.230 e. The average Bonchev–Trinajstić information content (AvgIpc) is 3.05. The van der Waals surface area contributed by atoms with Gasteiger partial charge < -0.3 is 14.8 Å². The third-order valence-electron chi connectivity index (χ3n) is 5.29. The number of carbonyl (C=O) groups excluding carboxylic acids is 1. The largest absolute Gasteiger partial charge is 0.490 e. The van der Waals surface area contributed by atoms with Crippen molar-refractivity contribution in [3.05, 3.63) is 83.4 Å². The van der Waals surface area contributed by atoms with E-state index < -0.39 is 0 Å². The van der Waals surface area contributed by atoms with E-state index in [-0.39, 0.29) is 12.3 Å². The van der Waals surface area contributed by atoms with Crippen molar-refractivity contribution in [1.82, 2.24) is 10.2 Å². The molecule has 0 bridgehead atoms. The van der Waals surface area contributed by atoms with Crippen LogP contribution >= 0.6 is 0 Å². The molecule has 6 nitrogen and oxygen atoms in total. The Labute approximate surface area is 185 Å². The van der Waals surface area contributed by atoms with Crippen molar-refractivity contribution >= 4 is 34.8 Å². The zero-order valence-electron chi connectivity index (χ0n) is 17.5. The number of fused-ring (bicyclic) bond motifs is 2. The summed E-state index contributed by atoms with van der Waals surface area (Å²) in [7, 11) is 0. The van der Waals surface area contributed by atoms with Gasteiger partial charge in [0, 0.05) is 11.8 Å². The van der Waals surface area contributed by atoms with Gasteiger partial charge in [0.15, 0.2) is 17.3 Å². The van der Waals surface area contributed by atoms with Crippen LogP contribution in [0.3, 0.4) is 0 Å². The fourth-order valence-corrected chi connectivity index (χ4v) is 3.67. The van der Waals surface area contributed by atoms with Gasteiger partial charge in [-0.25, -0.2) is 0 Å². The molecule has 0 radical (unpaired) electrons. The van der Waals surface area contributed by atoms with Crippen molar-refractivity contribution < 1.29 is 14.3 Å². The van der Waals surface area contributed by atoms with Gasteiger partial charge in [0.25, 0.3) is 0 Å². The first-order valence-corrected chi connectivity index (χ1v) is 10.6. The number of ether oxygens (including phenoxy) is 2. The second-order valence-corrected chi connectivity index (χ2v) is 7.68. The van der Waals surface area contributed by atoms with E-state index in [4.69, 9.17) is 9.47 Å². The molecule has 0 aliphatic carbocycles. The number of nitrogens with one attached hydrogen (secondary N) is 2. The first-order valence-electron chi connectivity index (χ1n) is 10.6. The van der Waals surface area contributed by atoms with E-state index >= 15 is 0 Å². The summed E-state index contributed by atoms with van der Waals surface area (Å²) < 4.78 is 11.4. The van der Waals surface area contributed by atoms with Crippen LogP contribution in [-0.2, 0) is 11.2 Å². The lowest BCUT2D eigenvalue weighted by Gasteiger charge is -2.09. The quantitative estimate of drug-likeness (QED) is 0.438. The number of aromatic nitrogens is 2. The number of amides is 1. The minimum Gasteiger partial charge on any atom is -0.490 e. The van der Waals surface area contributed by atoms with Gasteiger partial charge in [-0.3, -0.25) is 9.89 Å². The molecule has 0 saturated carbocycles. The molecule has 6 heteroatoms. The summed E-state index contributed by atoms with van der Waals surface area (Å²) in [5.41, 5.74) is 3.88. The SMILES string of the molecule is O=C(Cc1ccc2c(c1)OCCCO2)Nc1n[nH]c2ccc(/C=C/c3ccccc3)cc12. The van der Waals surface area contributed by atoms with Crippen molar-refractivity contribution in [2.75, 3.05) is 18.5 Å². The topological polar surface area (TPSA) is 76.2 Å². The van der Waals surface area contributed by atoms with Crippen molar-refractivity contribution in [1.29, 1.82) is 0 Å². The Morgan fingerprint density at radius 2 is 1.75 bits per heavy atom. The minimum atomic E-state index is -0.141. The Morgan fingerprint density at radius 3 is 2.62 bits per heavy atom. The molecule has 0 unspecified atom stereocenters. The molecule has 1 aromatic heterocycles. The Balaban J connectivity index is 1.31. The molecule has 1 aliphatic rings. The van der Waals surface area contributed by atoms with Crippen LogP contribution in [0.4, 0.5) is 5.82 Å². The lowest BCUT2D eigenvalue weighted by molar-refractivity contribution is -0.115. The van der Waals surface area contributed by atoms with E-state index in [1.165, 1.54) is 0 Å². The van der Waals surface area contributed by atoms with Crippen LogP contribution in [0.15, 0.2) is 66.7 Å². The molecule has 0 spiro atoms. The molecule has 5 rings (SSSR count). The maximum absolute atomic E-state index is 12.7. The standard InChI is InChI=1S/C26H23N3O3/c30-25(17-20-10-12-23-24(16-20)32-14-4-13-31-23)27-26-21-15-19(9-11-22(21)28-29-26)8-7-18-5-2-1-3-6-18/h1-3,5-12,15-16H,4,13-14,17H2,(H2,27,28,29,30)/b8-7+. The van der Waals surface area contributed by atoms with Gasteiger partial charge >= 0.3 is 0 Å². The zero-order chi connectivity index (χ0) is 21.8. The summed E-state index contributed by atoms with van der Waals surface area (Å²) in [6.45, 7) is 1.25. The molecular weight excluding hydrogens is 402 g/mol. The molecule has 2 N–H and O–H groups in total. The number of hydrogen-bond donors (Lipinski definition) is 2. The van der Waals surface area contributed by atoms with Crippen LogP contribution in [0.5, 0.6) is 11.5 Å². The van der Waals surface area contributed by atoms with Crippen LogP contribution in [0, 0.1) is 0 Å². The molecule has 1 aliphatic heterocycles. The fraction of sp³-hybridized carbons (Fsp3) is 0.154.